The molecule has 5 heteroatoms. The van der Waals surface area contributed by atoms with Crippen molar-refractivity contribution in [3.05, 3.63) is 30.3 Å². The summed E-state index contributed by atoms with van der Waals surface area (Å²) in [6.07, 6.45) is 0.876. The van der Waals surface area contributed by atoms with Gasteiger partial charge in [0.1, 0.15) is 5.54 Å². The fourth-order valence-electron chi connectivity index (χ4n) is 2.77. The van der Waals surface area contributed by atoms with Crippen LogP contribution >= 0.6 is 0 Å². The normalized spacial score (nSPS) is 17.6. The lowest BCUT2D eigenvalue weighted by Crippen LogP contribution is -2.60. The number of hydrogen-bond donors (Lipinski definition) is 1. The molecular weight excluding hydrogens is 256 g/mol. The first-order valence-corrected chi connectivity index (χ1v) is 6.75. The van der Waals surface area contributed by atoms with Crippen LogP contribution in [0.1, 0.15) is 19.8 Å². The van der Waals surface area contributed by atoms with Crippen molar-refractivity contribution in [2.75, 3.05) is 25.0 Å². The van der Waals surface area contributed by atoms with Crippen molar-refractivity contribution >= 4 is 17.6 Å². The van der Waals surface area contributed by atoms with Gasteiger partial charge in [0.25, 0.3) is 0 Å². The van der Waals surface area contributed by atoms with Crippen molar-refractivity contribution in [3.8, 4) is 0 Å². The highest BCUT2D eigenvalue weighted by Gasteiger charge is 2.46. The van der Waals surface area contributed by atoms with Crippen LogP contribution in [0.15, 0.2) is 30.3 Å². The second-order valence-corrected chi connectivity index (χ2v) is 5.24. The Morgan fingerprint density at radius 2 is 1.75 bits per heavy atom. The van der Waals surface area contributed by atoms with E-state index < -0.39 is 11.5 Å². The third-order valence-corrected chi connectivity index (χ3v) is 4.22. The summed E-state index contributed by atoms with van der Waals surface area (Å²) >= 11 is 0. The van der Waals surface area contributed by atoms with Gasteiger partial charge in [0.05, 0.1) is 0 Å². The molecular formula is C15H20N2O3. The minimum absolute atomic E-state index is 0.208. The average Bonchev–Trinajstić information content (AvgIpc) is 2.47. The van der Waals surface area contributed by atoms with E-state index in [1.54, 1.807) is 7.05 Å². The fraction of sp³-hybridized carbons (Fsp3) is 0.467. The molecule has 0 radical (unpaired) electrons. The Morgan fingerprint density at radius 3 is 2.20 bits per heavy atom. The zero-order valence-corrected chi connectivity index (χ0v) is 11.9. The van der Waals surface area contributed by atoms with E-state index >= 15 is 0 Å². The summed E-state index contributed by atoms with van der Waals surface area (Å²) in [4.78, 5) is 26.7. The number of carboxylic acid groups (broad SMARTS) is 1. The standard InChI is InChI=1S/C15H20N2O3/c1-12(18)16(2)15(14(19)20)8-10-17(11-9-15)13-6-4-3-5-7-13/h3-7H,8-11H2,1-2H3,(H,19,20). The number of carboxylic acids is 1. The van der Waals surface area contributed by atoms with Crippen molar-refractivity contribution in [2.45, 2.75) is 25.3 Å². The van der Waals surface area contributed by atoms with Crippen molar-refractivity contribution in [2.24, 2.45) is 0 Å². The lowest BCUT2D eigenvalue weighted by atomic mass is 9.85. The molecule has 0 atom stereocenters. The van der Waals surface area contributed by atoms with Crippen LogP contribution in [0.2, 0.25) is 0 Å². The van der Waals surface area contributed by atoms with Gasteiger partial charge in [-0.25, -0.2) is 4.79 Å². The second-order valence-electron chi connectivity index (χ2n) is 5.24. The van der Waals surface area contributed by atoms with E-state index in [-0.39, 0.29) is 5.91 Å². The zero-order chi connectivity index (χ0) is 14.8. The third-order valence-electron chi connectivity index (χ3n) is 4.22. The molecule has 1 aromatic carbocycles. The molecule has 20 heavy (non-hydrogen) atoms. The van der Waals surface area contributed by atoms with Crippen LogP contribution < -0.4 is 4.90 Å². The van der Waals surface area contributed by atoms with Crippen LogP contribution in [0.4, 0.5) is 5.69 Å². The highest BCUT2D eigenvalue weighted by atomic mass is 16.4. The Labute approximate surface area is 118 Å². The van der Waals surface area contributed by atoms with Crippen molar-refractivity contribution in [1.82, 2.24) is 4.90 Å². The van der Waals surface area contributed by atoms with E-state index in [2.05, 4.69) is 4.90 Å². The molecule has 1 aliphatic rings. The van der Waals surface area contributed by atoms with E-state index in [9.17, 15) is 14.7 Å². The summed E-state index contributed by atoms with van der Waals surface area (Å²) in [5.41, 5.74) is 0.0221. The van der Waals surface area contributed by atoms with E-state index in [1.807, 2.05) is 30.3 Å². The van der Waals surface area contributed by atoms with Gasteiger partial charge in [0, 0.05) is 32.7 Å². The van der Waals surface area contributed by atoms with Crippen LogP contribution in [0.25, 0.3) is 0 Å². The number of rotatable bonds is 3. The first-order valence-electron chi connectivity index (χ1n) is 6.75. The number of aliphatic carboxylic acids is 1. The molecule has 0 spiro atoms. The number of nitrogens with zero attached hydrogens (tertiary/aromatic N) is 2. The van der Waals surface area contributed by atoms with Crippen LogP contribution in [0, 0.1) is 0 Å². The summed E-state index contributed by atoms with van der Waals surface area (Å²) in [7, 11) is 1.58. The number of carbonyl (C=O) groups excluding carboxylic acids is 1. The summed E-state index contributed by atoms with van der Waals surface area (Å²) in [6, 6.07) is 9.93. The Kier molecular flexibility index (Phi) is 3.97. The smallest absolute Gasteiger partial charge is 0.329 e. The SMILES string of the molecule is CC(=O)N(C)C1(C(=O)O)CCN(c2ccccc2)CC1. The summed E-state index contributed by atoms with van der Waals surface area (Å²) in [5, 5.41) is 9.55. The first kappa shape index (κ1) is 14.4. The molecule has 5 nitrogen and oxygen atoms in total. The molecule has 1 aromatic rings. The van der Waals surface area contributed by atoms with Crippen molar-refractivity contribution in [1.29, 1.82) is 0 Å². The molecule has 0 saturated carbocycles. The molecule has 0 aliphatic carbocycles. The van der Waals surface area contributed by atoms with Gasteiger partial charge in [-0.05, 0) is 25.0 Å². The van der Waals surface area contributed by atoms with Crippen LogP contribution in [0.5, 0.6) is 0 Å². The highest BCUT2D eigenvalue weighted by molar-refractivity contribution is 5.86. The van der Waals surface area contributed by atoms with Crippen LogP contribution in [0.3, 0.4) is 0 Å². The van der Waals surface area contributed by atoms with Gasteiger partial charge in [-0.1, -0.05) is 18.2 Å². The topological polar surface area (TPSA) is 60.9 Å². The number of benzene rings is 1. The molecule has 0 unspecified atom stereocenters. The molecule has 108 valence electrons. The molecule has 1 heterocycles. The van der Waals surface area contributed by atoms with Crippen LogP contribution in [-0.4, -0.2) is 47.6 Å². The van der Waals surface area contributed by atoms with Gasteiger partial charge in [0.2, 0.25) is 5.91 Å². The Balaban J connectivity index is 2.15. The van der Waals surface area contributed by atoms with Gasteiger partial charge in [0.15, 0.2) is 0 Å². The second kappa shape index (κ2) is 5.53. The van der Waals surface area contributed by atoms with E-state index in [1.165, 1.54) is 11.8 Å². The Morgan fingerprint density at radius 1 is 1.20 bits per heavy atom. The molecule has 1 fully saturated rings. The number of amides is 1. The largest absolute Gasteiger partial charge is 0.479 e. The van der Waals surface area contributed by atoms with Crippen molar-refractivity contribution in [3.63, 3.8) is 0 Å². The minimum atomic E-state index is -1.07. The van der Waals surface area contributed by atoms with Gasteiger partial charge in [-0.15, -0.1) is 0 Å². The highest BCUT2D eigenvalue weighted by Crippen LogP contribution is 2.31. The predicted molar refractivity (Wildman–Crippen MR) is 76.7 cm³/mol. The van der Waals surface area contributed by atoms with Gasteiger partial charge >= 0.3 is 5.97 Å². The Hall–Kier alpha value is -2.04. The third kappa shape index (κ3) is 2.48. The molecule has 1 saturated heterocycles. The number of carbonyl (C=O) groups is 2. The number of para-hydroxylation sites is 1. The number of likely N-dealkylation sites (N-methyl/N-ethyl adjacent to an activating group) is 1. The fourth-order valence-corrected chi connectivity index (χ4v) is 2.77. The summed E-state index contributed by atoms with van der Waals surface area (Å²) in [5.74, 6) is -1.12. The monoisotopic (exact) mass is 276 g/mol. The molecule has 1 N–H and O–H groups in total. The molecule has 2 rings (SSSR count). The molecule has 1 amide bonds. The summed E-state index contributed by atoms with van der Waals surface area (Å²) in [6.45, 7) is 2.68. The maximum atomic E-state index is 11.7. The summed E-state index contributed by atoms with van der Waals surface area (Å²) < 4.78 is 0. The quantitative estimate of drug-likeness (QED) is 0.910. The molecule has 0 bridgehead atoms. The van der Waals surface area contributed by atoms with Gasteiger partial charge in [-0.2, -0.15) is 0 Å². The maximum absolute atomic E-state index is 11.7. The number of piperidine rings is 1. The van der Waals surface area contributed by atoms with E-state index in [0.29, 0.717) is 25.9 Å². The van der Waals surface area contributed by atoms with E-state index in [4.69, 9.17) is 0 Å². The van der Waals surface area contributed by atoms with Crippen LogP contribution in [-0.2, 0) is 9.59 Å². The number of anilines is 1. The van der Waals surface area contributed by atoms with Crippen molar-refractivity contribution < 1.29 is 14.7 Å². The van der Waals surface area contributed by atoms with Gasteiger partial charge in [-0.3, -0.25) is 4.79 Å². The molecule has 0 aromatic heterocycles. The average molecular weight is 276 g/mol. The number of hydrogen-bond acceptors (Lipinski definition) is 3. The van der Waals surface area contributed by atoms with E-state index in [0.717, 1.165) is 5.69 Å². The lowest BCUT2D eigenvalue weighted by molar-refractivity contribution is -0.158. The first-order chi connectivity index (χ1) is 9.47. The molecule has 1 aliphatic heterocycles. The maximum Gasteiger partial charge on any atom is 0.329 e. The minimum Gasteiger partial charge on any atom is -0.479 e. The lowest BCUT2D eigenvalue weighted by Gasteiger charge is -2.44. The predicted octanol–water partition coefficient (Wildman–Crippen LogP) is 1.59. The van der Waals surface area contributed by atoms with Gasteiger partial charge < -0.3 is 14.9 Å². The Bertz CT molecular complexity index is 493. The zero-order valence-electron chi connectivity index (χ0n) is 11.9.